The van der Waals surface area contributed by atoms with Crippen LogP contribution >= 0.6 is 47.8 Å². The Bertz CT molecular complexity index is 1090. The summed E-state index contributed by atoms with van der Waals surface area (Å²) in [6, 6.07) is 8.46. The quantitative estimate of drug-likeness (QED) is 0.386. The number of benzene rings is 2. The fraction of sp³-hybridized carbons (Fsp3) is 0.316. The smallest absolute Gasteiger partial charge is 0.381 e. The fourth-order valence-electron chi connectivity index (χ4n) is 2.67. The summed E-state index contributed by atoms with van der Waals surface area (Å²) in [5, 5.41) is 15.6. The van der Waals surface area contributed by atoms with Gasteiger partial charge < -0.3 is 15.7 Å². The van der Waals surface area contributed by atoms with Gasteiger partial charge in [-0.25, -0.2) is 8.42 Å². The van der Waals surface area contributed by atoms with Crippen LogP contribution in [-0.2, 0) is 26.8 Å². The Morgan fingerprint density at radius 3 is 2.16 bits per heavy atom. The molecule has 1 amide bonds. The zero-order valence-corrected chi connectivity index (χ0v) is 22.0. The molecule has 0 aliphatic carbocycles. The van der Waals surface area contributed by atoms with Gasteiger partial charge in [0, 0.05) is 31.9 Å². The SMILES string of the molecule is CS(=O)(=O)CC(=O)NCc1ccc(NC[C@@](O)(c2cc(Br)cc(Br)c2)C(F)(F)F)cc1Br. The summed E-state index contributed by atoms with van der Waals surface area (Å²) in [6.45, 7) is -0.829. The fourth-order valence-corrected chi connectivity index (χ4v) is 5.06. The van der Waals surface area contributed by atoms with Crippen molar-refractivity contribution in [1.29, 1.82) is 0 Å². The topological polar surface area (TPSA) is 95.5 Å². The van der Waals surface area contributed by atoms with Gasteiger partial charge in [0.25, 0.3) is 0 Å². The molecule has 176 valence electrons. The zero-order chi connectivity index (χ0) is 24.3. The number of anilines is 1. The van der Waals surface area contributed by atoms with Crippen molar-refractivity contribution in [2.45, 2.75) is 18.3 Å². The molecule has 32 heavy (non-hydrogen) atoms. The minimum absolute atomic E-state index is 0.0216. The summed E-state index contributed by atoms with van der Waals surface area (Å²) < 4.78 is 64.8. The van der Waals surface area contributed by atoms with Gasteiger partial charge in [-0.3, -0.25) is 4.79 Å². The van der Waals surface area contributed by atoms with Crippen LogP contribution in [0.1, 0.15) is 11.1 Å². The van der Waals surface area contributed by atoms with Gasteiger partial charge in [-0.15, -0.1) is 0 Å². The highest BCUT2D eigenvalue weighted by Gasteiger charge is 2.55. The predicted octanol–water partition coefficient (Wildman–Crippen LogP) is 4.50. The van der Waals surface area contributed by atoms with Crippen molar-refractivity contribution in [3.8, 4) is 0 Å². The molecule has 0 aliphatic rings. The van der Waals surface area contributed by atoms with E-state index in [1.807, 2.05) is 0 Å². The summed E-state index contributed by atoms with van der Waals surface area (Å²) >= 11 is 9.53. The van der Waals surface area contributed by atoms with E-state index in [0.717, 1.165) is 6.26 Å². The van der Waals surface area contributed by atoms with Crippen LogP contribution in [0.4, 0.5) is 18.9 Å². The molecule has 1 atom stereocenters. The first-order valence-electron chi connectivity index (χ1n) is 8.83. The van der Waals surface area contributed by atoms with Crippen LogP contribution in [0.25, 0.3) is 0 Å². The minimum atomic E-state index is -4.96. The molecule has 0 spiro atoms. The molecule has 0 radical (unpaired) electrons. The largest absolute Gasteiger partial charge is 0.423 e. The monoisotopic (exact) mass is 664 g/mol. The Balaban J connectivity index is 2.16. The molecular weight excluding hydrogens is 649 g/mol. The van der Waals surface area contributed by atoms with Gasteiger partial charge in [-0.05, 0) is 41.5 Å². The molecule has 2 aromatic carbocycles. The number of alkyl halides is 3. The Kier molecular flexibility index (Phi) is 8.82. The van der Waals surface area contributed by atoms with E-state index in [-0.39, 0.29) is 12.1 Å². The van der Waals surface area contributed by atoms with Crippen molar-refractivity contribution in [1.82, 2.24) is 5.32 Å². The molecule has 6 nitrogen and oxygen atoms in total. The highest BCUT2D eigenvalue weighted by atomic mass is 79.9. The first kappa shape index (κ1) is 27.1. The maximum Gasteiger partial charge on any atom is 0.423 e. The van der Waals surface area contributed by atoms with Gasteiger partial charge in [-0.1, -0.05) is 53.9 Å². The lowest BCUT2D eigenvalue weighted by molar-refractivity contribution is -0.260. The van der Waals surface area contributed by atoms with Crippen molar-refractivity contribution in [3.05, 3.63) is 60.9 Å². The number of rotatable bonds is 8. The number of nitrogens with one attached hydrogen (secondary N) is 2. The van der Waals surface area contributed by atoms with Crippen LogP contribution in [0.5, 0.6) is 0 Å². The number of halogens is 6. The lowest BCUT2D eigenvalue weighted by Crippen LogP contribution is -2.47. The van der Waals surface area contributed by atoms with Gasteiger partial charge >= 0.3 is 6.18 Å². The summed E-state index contributed by atoms with van der Waals surface area (Å²) in [4.78, 5) is 11.6. The number of carbonyl (C=O) groups excluding carboxylic acids is 1. The molecule has 13 heteroatoms. The third-order valence-corrected chi connectivity index (χ3v) is 6.72. The standard InChI is InChI=1S/C19H18Br3F3N2O4S/c1-32(30,31)9-17(28)26-8-11-2-3-15(7-16(11)22)27-10-18(29,19(23,24)25)12-4-13(20)6-14(21)5-12/h2-7,27,29H,8-10H2,1H3,(H,26,28)/t18-/m1/s1. The number of hydrogen-bond acceptors (Lipinski definition) is 5. The maximum atomic E-state index is 13.8. The number of sulfone groups is 1. The molecule has 2 rings (SSSR count). The lowest BCUT2D eigenvalue weighted by Gasteiger charge is -2.32. The molecule has 0 bridgehead atoms. The number of hydrogen-bond donors (Lipinski definition) is 3. The molecule has 0 aromatic heterocycles. The van der Waals surface area contributed by atoms with Gasteiger partial charge in [-0.2, -0.15) is 13.2 Å². The summed E-state index contributed by atoms with van der Waals surface area (Å²) in [5.41, 5.74) is -2.63. The van der Waals surface area contributed by atoms with E-state index >= 15 is 0 Å². The van der Waals surface area contributed by atoms with Gasteiger partial charge in [0.15, 0.2) is 9.84 Å². The molecule has 0 heterocycles. The predicted molar refractivity (Wildman–Crippen MR) is 126 cm³/mol. The zero-order valence-electron chi connectivity index (χ0n) is 16.4. The van der Waals surface area contributed by atoms with Crippen molar-refractivity contribution in [2.75, 3.05) is 23.9 Å². The second-order valence-corrected chi connectivity index (χ2v) is 11.8. The van der Waals surface area contributed by atoms with E-state index in [1.54, 1.807) is 12.1 Å². The van der Waals surface area contributed by atoms with Crippen molar-refractivity contribution in [2.24, 2.45) is 0 Å². The van der Waals surface area contributed by atoms with Crippen molar-refractivity contribution >= 4 is 69.2 Å². The van der Waals surface area contributed by atoms with Gasteiger partial charge in [0.1, 0.15) is 5.75 Å². The normalized spacial score (nSPS) is 14.0. The average molecular weight is 667 g/mol. The van der Waals surface area contributed by atoms with Crippen LogP contribution < -0.4 is 10.6 Å². The number of carbonyl (C=O) groups is 1. The average Bonchev–Trinajstić information content (AvgIpc) is 2.62. The first-order chi connectivity index (χ1) is 14.6. The molecule has 0 saturated heterocycles. The molecular formula is C19H18Br3F3N2O4S. The molecule has 0 unspecified atom stereocenters. The highest BCUT2D eigenvalue weighted by molar-refractivity contribution is 9.11. The van der Waals surface area contributed by atoms with E-state index in [0.29, 0.717) is 24.7 Å². The van der Waals surface area contributed by atoms with Crippen LogP contribution in [-0.4, -0.2) is 44.2 Å². The van der Waals surface area contributed by atoms with Crippen LogP contribution in [0, 0.1) is 0 Å². The van der Waals surface area contributed by atoms with Crippen molar-refractivity contribution < 1.29 is 31.5 Å². The lowest BCUT2D eigenvalue weighted by atomic mass is 9.93. The maximum absolute atomic E-state index is 13.8. The summed E-state index contributed by atoms with van der Waals surface area (Å²) in [5.74, 6) is -1.32. The molecule has 2 aromatic rings. The summed E-state index contributed by atoms with van der Waals surface area (Å²) in [6.07, 6.45) is -4.01. The molecule has 0 saturated carbocycles. The Morgan fingerprint density at radius 1 is 1.06 bits per heavy atom. The molecule has 0 fully saturated rings. The van der Waals surface area contributed by atoms with Crippen LogP contribution in [0.2, 0.25) is 0 Å². The van der Waals surface area contributed by atoms with E-state index in [1.165, 1.54) is 24.3 Å². The first-order valence-corrected chi connectivity index (χ1v) is 13.3. The Morgan fingerprint density at radius 2 is 1.66 bits per heavy atom. The minimum Gasteiger partial charge on any atom is -0.381 e. The highest BCUT2D eigenvalue weighted by Crippen LogP contribution is 2.41. The molecule has 0 aliphatic heterocycles. The number of amides is 1. The van der Waals surface area contributed by atoms with Crippen LogP contribution in [0.3, 0.4) is 0 Å². The van der Waals surface area contributed by atoms with E-state index < -0.39 is 39.8 Å². The van der Waals surface area contributed by atoms with Crippen LogP contribution in [0.15, 0.2) is 49.8 Å². The second kappa shape index (κ2) is 10.4. The van der Waals surface area contributed by atoms with E-state index in [9.17, 15) is 31.5 Å². The van der Waals surface area contributed by atoms with E-state index in [2.05, 4.69) is 58.4 Å². The van der Waals surface area contributed by atoms with E-state index in [4.69, 9.17) is 0 Å². The molecule has 3 N–H and O–H groups in total. The second-order valence-electron chi connectivity index (χ2n) is 7.02. The summed E-state index contributed by atoms with van der Waals surface area (Å²) in [7, 11) is -3.46. The third kappa shape index (κ3) is 7.44. The van der Waals surface area contributed by atoms with Crippen molar-refractivity contribution in [3.63, 3.8) is 0 Å². The number of aliphatic hydroxyl groups is 1. The van der Waals surface area contributed by atoms with Gasteiger partial charge in [0.2, 0.25) is 11.5 Å². The Hall–Kier alpha value is -1.15. The van der Waals surface area contributed by atoms with Gasteiger partial charge in [0.05, 0.1) is 6.54 Å². The Labute approximate surface area is 208 Å². The third-order valence-electron chi connectivity index (χ3n) is 4.28.